The van der Waals surface area contributed by atoms with E-state index in [-0.39, 0.29) is 33.7 Å². The minimum atomic E-state index is -5.08. The summed E-state index contributed by atoms with van der Waals surface area (Å²) >= 11 is 0. The molecule has 3 aliphatic carbocycles. The van der Waals surface area contributed by atoms with E-state index in [4.69, 9.17) is 5.41 Å². The summed E-state index contributed by atoms with van der Waals surface area (Å²) in [6, 6.07) is 12.2. The Labute approximate surface area is 302 Å². The van der Waals surface area contributed by atoms with Crippen molar-refractivity contribution < 1.29 is 48.5 Å². The van der Waals surface area contributed by atoms with E-state index in [0.717, 1.165) is 47.1 Å². The first-order chi connectivity index (χ1) is 24.7. The van der Waals surface area contributed by atoms with E-state index in [1.54, 1.807) is 25.1 Å². The molecule has 16 nitrogen and oxygen atoms in total. The molecule has 0 aliphatic heterocycles. The molecule has 0 saturated heterocycles. The van der Waals surface area contributed by atoms with Crippen LogP contribution in [0.2, 0.25) is 0 Å². The van der Waals surface area contributed by atoms with Crippen LogP contribution >= 0.6 is 0 Å². The van der Waals surface area contributed by atoms with Crippen LogP contribution < -0.4 is 16.3 Å². The molecule has 7 N–H and O–H groups in total. The van der Waals surface area contributed by atoms with Gasteiger partial charge >= 0.3 is 0 Å². The average molecular weight is 778 g/mol. The molecule has 0 unspecified atom stereocenters. The monoisotopic (exact) mass is 777 g/mol. The van der Waals surface area contributed by atoms with Gasteiger partial charge in [-0.25, -0.2) is 0 Å². The first-order valence-electron chi connectivity index (χ1n) is 15.1. The lowest BCUT2D eigenvalue weighted by molar-refractivity contribution is -0.111. The second kappa shape index (κ2) is 13.3. The predicted molar refractivity (Wildman–Crippen MR) is 195 cm³/mol. The Balaban J connectivity index is 1.23. The summed E-state index contributed by atoms with van der Waals surface area (Å²) in [5, 5.41) is 12.4. The molecule has 0 saturated carbocycles. The third kappa shape index (κ3) is 7.42. The van der Waals surface area contributed by atoms with Crippen LogP contribution in [-0.2, 0) is 39.9 Å². The molecular weight excluding hydrogens is 751 g/mol. The number of benzene rings is 3. The number of hydrazine groups is 1. The lowest BCUT2D eigenvalue weighted by Gasteiger charge is -2.23. The number of rotatable bonds is 9. The third-order valence-electron chi connectivity index (χ3n) is 8.32. The highest BCUT2D eigenvalue weighted by molar-refractivity contribution is 7.90. The highest BCUT2D eigenvalue weighted by Gasteiger charge is 2.31. The van der Waals surface area contributed by atoms with Gasteiger partial charge in [0.1, 0.15) is 10.6 Å². The molecule has 3 aromatic rings. The summed E-state index contributed by atoms with van der Waals surface area (Å²) in [4.78, 5) is 23.3. The number of fused-ring (bicyclic) bond motifs is 2. The van der Waals surface area contributed by atoms with Crippen LogP contribution in [0.4, 0.5) is 11.4 Å². The van der Waals surface area contributed by atoms with Crippen molar-refractivity contribution in [2.24, 2.45) is 5.10 Å². The number of carbonyl (C=O) groups excluding carboxylic acids is 2. The minimum absolute atomic E-state index is 0.0380. The average Bonchev–Trinajstić information content (AvgIpc) is 3.06. The molecule has 272 valence electrons. The van der Waals surface area contributed by atoms with Crippen molar-refractivity contribution in [3.63, 3.8) is 0 Å². The van der Waals surface area contributed by atoms with Crippen LogP contribution in [0.3, 0.4) is 0 Å². The first-order valence-corrected chi connectivity index (χ1v) is 19.4. The van der Waals surface area contributed by atoms with Crippen molar-refractivity contribution >= 4 is 70.8 Å². The summed E-state index contributed by atoms with van der Waals surface area (Å²) in [5.74, 6) is -1.44. The Bertz CT molecular complexity index is 2740. The van der Waals surface area contributed by atoms with Crippen LogP contribution in [-0.4, -0.2) is 61.9 Å². The zero-order chi connectivity index (χ0) is 38.6. The van der Waals surface area contributed by atoms with Gasteiger partial charge in [0.05, 0.1) is 38.2 Å². The number of hydrazone groups is 1. The smallest absolute Gasteiger partial charge is 0.295 e. The summed E-state index contributed by atoms with van der Waals surface area (Å²) in [5.41, 5.74) is 12.1. The summed E-state index contributed by atoms with van der Waals surface area (Å²) < 4.78 is 99.8. The number of hydrogen-bond donors (Lipinski definition) is 7. The molecule has 53 heavy (non-hydrogen) atoms. The van der Waals surface area contributed by atoms with Gasteiger partial charge in [0.15, 0.2) is 5.78 Å². The number of nitrogens with one attached hydrogen (secondary N) is 4. The van der Waals surface area contributed by atoms with Crippen LogP contribution in [0, 0.1) is 19.3 Å². The SMILES string of the molecule is Cc1cc(-c2ccc(NNC3=C4C(=O)C=C(S(=O)(=O)O)C=C4C=CC3=N)c(C)c2)ccc1NN=C1C(=O)C=Cc2cc(S(=O)(=O)O)cc(S(=O)(=O)O)c21. The normalized spacial score (nSPS) is 16.6. The van der Waals surface area contributed by atoms with Crippen LogP contribution in [0.25, 0.3) is 17.2 Å². The van der Waals surface area contributed by atoms with Crippen molar-refractivity contribution in [3.8, 4) is 11.1 Å². The first kappa shape index (κ1) is 36.9. The number of nitrogens with zero attached hydrogens (tertiary/aromatic N) is 1. The van der Waals surface area contributed by atoms with E-state index in [9.17, 15) is 48.5 Å². The standard InChI is InChI=1S/C34H27N5O11S3/c1-17-11-19(4-8-26(17)36-38-33-25(35)7-3-21-13-23(51(42,43)44)15-29(41)31(21)33)20-5-9-27(18(2)12-20)37-39-34-28(40)10-6-22-14-24(52(45,46)47)16-30(32(22)34)53(48,49)50/h3-16,35-38H,1-2H3,(H,42,43,44)(H,45,46,47)(H,48,49,50). The highest BCUT2D eigenvalue weighted by atomic mass is 32.2. The quantitative estimate of drug-likeness (QED) is 0.120. The van der Waals surface area contributed by atoms with Gasteiger partial charge in [-0.05, 0) is 102 Å². The number of ketones is 2. The molecule has 0 fully saturated rings. The molecule has 0 aromatic heterocycles. The van der Waals surface area contributed by atoms with Gasteiger partial charge in [0, 0.05) is 11.6 Å². The molecule has 3 aromatic carbocycles. The Kier molecular flexibility index (Phi) is 9.27. The lowest BCUT2D eigenvalue weighted by atomic mass is 9.89. The Morgan fingerprint density at radius 3 is 1.91 bits per heavy atom. The maximum atomic E-state index is 12.8. The molecule has 0 spiro atoms. The predicted octanol–water partition coefficient (Wildman–Crippen LogP) is 3.92. The van der Waals surface area contributed by atoms with Crippen LogP contribution in [0.5, 0.6) is 0 Å². The Morgan fingerprint density at radius 1 is 0.679 bits per heavy atom. The van der Waals surface area contributed by atoms with Crippen LogP contribution in [0.1, 0.15) is 22.3 Å². The third-order valence-corrected chi connectivity index (χ3v) is 10.9. The van der Waals surface area contributed by atoms with Gasteiger partial charge in [-0.15, -0.1) is 0 Å². The fourth-order valence-electron chi connectivity index (χ4n) is 5.70. The van der Waals surface area contributed by atoms with E-state index in [2.05, 4.69) is 21.4 Å². The Hall–Kier alpha value is -5.83. The van der Waals surface area contributed by atoms with Crippen molar-refractivity contribution in [1.82, 2.24) is 5.43 Å². The lowest BCUT2D eigenvalue weighted by Crippen LogP contribution is -2.31. The molecule has 3 aliphatic rings. The molecule has 0 radical (unpaired) electrons. The highest BCUT2D eigenvalue weighted by Crippen LogP contribution is 2.33. The maximum Gasteiger partial charge on any atom is 0.295 e. The number of hydrogen-bond acceptors (Lipinski definition) is 13. The molecular formula is C34H27N5O11S3. The van der Waals surface area contributed by atoms with E-state index in [1.807, 2.05) is 25.1 Å². The maximum absolute atomic E-state index is 12.8. The van der Waals surface area contributed by atoms with Crippen molar-refractivity contribution in [2.45, 2.75) is 23.6 Å². The van der Waals surface area contributed by atoms with E-state index in [0.29, 0.717) is 23.0 Å². The van der Waals surface area contributed by atoms with Gasteiger partial charge < -0.3 is 5.43 Å². The number of anilines is 2. The number of aryl methyl sites for hydroxylation is 2. The van der Waals surface area contributed by atoms with Crippen molar-refractivity contribution in [1.29, 1.82) is 5.41 Å². The summed E-state index contributed by atoms with van der Waals surface area (Å²) in [6.45, 7) is 3.57. The van der Waals surface area contributed by atoms with Gasteiger partial charge in [-0.2, -0.15) is 30.4 Å². The van der Waals surface area contributed by atoms with E-state index >= 15 is 0 Å². The summed E-state index contributed by atoms with van der Waals surface area (Å²) in [6.07, 6.45) is 6.89. The van der Waals surface area contributed by atoms with Gasteiger partial charge in [0.25, 0.3) is 30.4 Å². The molecule has 0 amide bonds. The fourth-order valence-corrected chi connectivity index (χ4v) is 7.60. The van der Waals surface area contributed by atoms with Crippen molar-refractivity contribution in [2.75, 3.05) is 10.9 Å². The molecule has 0 bridgehead atoms. The fraction of sp³-hybridized carbons (Fsp3) is 0.0588. The largest absolute Gasteiger partial charge is 0.301 e. The molecule has 19 heteroatoms. The second-order valence-electron chi connectivity index (χ2n) is 11.9. The van der Waals surface area contributed by atoms with Gasteiger partial charge in [-0.1, -0.05) is 24.3 Å². The second-order valence-corrected chi connectivity index (χ2v) is 16.1. The van der Waals surface area contributed by atoms with E-state index < -0.39 is 62.3 Å². The van der Waals surface area contributed by atoms with Gasteiger partial charge in [-0.3, -0.25) is 39.5 Å². The number of allylic oxidation sites excluding steroid dienone is 7. The number of carbonyl (C=O) groups is 2. The topological polar surface area (TPSA) is 270 Å². The molecule has 0 heterocycles. The molecule has 6 rings (SSSR count). The van der Waals surface area contributed by atoms with Crippen LogP contribution in [0.15, 0.2) is 116 Å². The van der Waals surface area contributed by atoms with Crippen molar-refractivity contribution in [3.05, 3.63) is 123 Å². The minimum Gasteiger partial charge on any atom is -0.301 e. The molecule has 0 atom stereocenters. The zero-order valence-electron chi connectivity index (χ0n) is 27.4. The van der Waals surface area contributed by atoms with E-state index in [1.165, 1.54) is 12.2 Å². The van der Waals surface area contributed by atoms with Gasteiger partial charge in [0.2, 0.25) is 5.78 Å². The zero-order valence-corrected chi connectivity index (χ0v) is 29.8. The summed E-state index contributed by atoms with van der Waals surface area (Å²) in [7, 11) is -14.6. The Morgan fingerprint density at radius 2 is 1.32 bits per heavy atom.